The molecule has 1 aliphatic carbocycles. The van der Waals surface area contributed by atoms with Gasteiger partial charge in [-0.2, -0.15) is 0 Å². The average Bonchev–Trinajstić information content (AvgIpc) is 3.30. The lowest BCUT2D eigenvalue weighted by Crippen LogP contribution is -2.37. The third kappa shape index (κ3) is 8.15. The zero-order valence-corrected chi connectivity index (χ0v) is 15.6. The molecule has 7 heteroatoms. The van der Waals surface area contributed by atoms with Crippen molar-refractivity contribution in [3.63, 3.8) is 0 Å². The number of carbonyl (C=O) groups excluding carboxylic acids is 1. The van der Waals surface area contributed by atoms with Gasteiger partial charge in [0.25, 0.3) is 0 Å². The molecule has 3 N–H and O–H groups in total. The van der Waals surface area contributed by atoms with Gasteiger partial charge in [0.05, 0.1) is 0 Å². The second kappa shape index (κ2) is 10.4. The molecule has 1 aromatic rings. The summed E-state index contributed by atoms with van der Waals surface area (Å²) in [4.78, 5) is 15.6. The third-order valence-electron chi connectivity index (χ3n) is 3.39. The van der Waals surface area contributed by atoms with E-state index >= 15 is 0 Å². The summed E-state index contributed by atoms with van der Waals surface area (Å²) < 4.78 is 13.1. The van der Waals surface area contributed by atoms with Crippen LogP contribution in [-0.2, 0) is 11.3 Å². The molecule has 0 radical (unpaired) electrons. The molecule has 1 fully saturated rings. The lowest BCUT2D eigenvalue weighted by atomic mass is 10.2. The Balaban J connectivity index is 0.00000264. The maximum Gasteiger partial charge on any atom is 0.220 e. The summed E-state index contributed by atoms with van der Waals surface area (Å²) in [6.45, 7) is 1.17. The number of rotatable bonds is 7. The Hall–Kier alpha value is -1.38. The smallest absolute Gasteiger partial charge is 0.220 e. The van der Waals surface area contributed by atoms with Gasteiger partial charge in [0, 0.05) is 32.6 Å². The van der Waals surface area contributed by atoms with Crippen LogP contribution in [0.4, 0.5) is 4.39 Å². The predicted molar refractivity (Wildman–Crippen MR) is 100 cm³/mol. The van der Waals surface area contributed by atoms with Gasteiger partial charge < -0.3 is 16.0 Å². The van der Waals surface area contributed by atoms with E-state index in [-0.39, 0.29) is 35.7 Å². The van der Waals surface area contributed by atoms with Crippen molar-refractivity contribution in [1.29, 1.82) is 0 Å². The molecule has 0 unspecified atom stereocenters. The van der Waals surface area contributed by atoms with Crippen LogP contribution in [0.3, 0.4) is 0 Å². The summed E-state index contributed by atoms with van der Waals surface area (Å²) in [6, 6.07) is 6.86. The second-order valence-corrected chi connectivity index (χ2v) is 5.43. The van der Waals surface area contributed by atoms with Gasteiger partial charge in [0.1, 0.15) is 5.82 Å². The van der Waals surface area contributed by atoms with Crippen molar-refractivity contribution < 1.29 is 9.18 Å². The first-order valence-electron chi connectivity index (χ1n) is 7.65. The fraction of sp³-hybridized carbons (Fsp3) is 0.500. The molecule has 0 aliphatic heterocycles. The van der Waals surface area contributed by atoms with Crippen LogP contribution in [0, 0.1) is 5.82 Å². The highest BCUT2D eigenvalue weighted by Crippen LogP contribution is 2.18. The number of nitrogens with zero attached hydrogens (tertiary/aromatic N) is 1. The van der Waals surface area contributed by atoms with Crippen LogP contribution in [0.15, 0.2) is 29.3 Å². The van der Waals surface area contributed by atoms with E-state index in [0.717, 1.165) is 24.8 Å². The Labute approximate surface area is 153 Å². The maximum absolute atomic E-state index is 13.1. The lowest BCUT2D eigenvalue weighted by Gasteiger charge is -2.12. The number of hydrogen-bond donors (Lipinski definition) is 3. The summed E-state index contributed by atoms with van der Waals surface area (Å²) in [6.07, 6.45) is 3.49. The fourth-order valence-corrected chi connectivity index (χ4v) is 2.04. The number of guanidine groups is 1. The highest BCUT2D eigenvalue weighted by molar-refractivity contribution is 14.0. The van der Waals surface area contributed by atoms with Gasteiger partial charge in [-0.25, -0.2) is 4.39 Å². The first kappa shape index (κ1) is 19.7. The Bertz CT molecular complexity index is 535. The SMILES string of the molecule is CN=C(NCCCC(=O)NC1CC1)NCc1cccc(F)c1.I. The van der Waals surface area contributed by atoms with Crippen LogP contribution in [0.2, 0.25) is 0 Å². The van der Waals surface area contributed by atoms with Crippen molar-refractivity contribution in [3.05, 3.63) is 35.6 Å². The number of amides is 1. The van der Waals surface area contributed by atoms with Gasteiger partial charge in [-0.3, -0.25) is 9.79 Å². The van der Waals surface area contributed by atoms with Crippen molar-refractivity contribution in [3.8, 4) is 0 Å². The molecule has 0 aromatic heterocycles. The first-order valence-corrected chi connectivity index (χ1v) is 7.65. The van der Waals surface area contributed by atoms with Crippen molar-refractivity contribution in [2.45, 2.75) is 38.3 Å². The predicted octanol–water partition coefficient (Wildman–Crippen LogP) is 2.17. The summed E-state index contributed by atoms with van der Waals surface area (Å²) in [5.74, 6) is 0.516. The molecule has 5 nitrogen and oxygen atoms in total. The monoisotopic (exact) mass is 434 g/mol. The summed E-state index contributed by atoms with van der Waals surface area (Å²) >= 11 is 0. The van der Waals surface area contributed by atoms with E-state index in [2.05, 4.69) is 20.9 Å². The van der Waals surface area contributed by atoms with Crippen LogP contribution < -0.4 is 16.0 Å². The van der Waals surface area contributed by atoms with Crippen LogP contribution in [-0.4, -0.2) is 31.5 Å². The molecular weight excluding hydrogens is 410 g/mol. The van der Waals surface area contributed by atoms with E-state index in [1.54, 1.807) is 13.1 Å². The molecule has 1 aliphatic rings. The molecule has 2 rings (SSSR count). The molecule has 23 heavy (non-hydrogen) atoms. The summed E-state index contributed by atoms with van der Waals surface area (Å²) in [7, 11) is 1.68. The third-order valence-corrected chi connectivity index (χ3v) is 3.39. The number of aliphatic imine (C=N–C) groups is 1. The largest absolute Gasteiger partial charge is 0.356 e. The second-order valence-electron chi connectivity index (χ2n) is 5.43. The molecule has 0 bridgehead atoms. The zero-order chi connectivity index (χ0) is 15.8. The van der Waals surface area contributed by atoms with E-state index in [1.807, 2.05) is 6.07 Å². The van der Waals surface area contributed by atoms with Crippen molar-refractivity contribution in [2.24, 2.45) is 4.99 Å². The van der Waals surface area contributed by atoms with Crippen LogP contribution in [0.5, 0.6) is 0 Å². The fourth-order valence-electron chi connectivity index (χ4n) is 2.04. The highest BCUT2D eigenvalue weighted by atomic mass is 127. The summed E-state index contributed by atoms with van der Waals surface area (Å²) in [5.41, 5.74) is 0.853. The zero-order valence-electron chi connectivity index (χ0n) is 13.3. The molecular formula is C16H24FIN4O. The number of benzene rings is 1. The average molecular weight is 434 g/mol. The minimum Gasteiger partial charge on any atom is -0.356 e. The van der Waals surface area contributed by atoms with Crippen LogP contribution in [0.1, 0.15) is 31.2 Å². The molecule has 1 aromatic carbocycles. The van der Waals surface area contributed by atoms with Gasteiger partial charge in [-0.1, -0.05) is 12.1 Å². The summed E-state index contributed by atoms with van der Waals surface area (Å²) in [5, 5.41) is 9.22. The lowest BCUT2D eigenvalue weighted by molar-refractivity contribution is -0.121. The Morgan fingerprint density at radius 1 is 1.35 bits per heavy atom. The topological polar surface area (TPSA) is 65.5 Å². The number of halogens is 2. The molecule has 0 heterocycles. The van der Waals surface area contributed by atoms with E-state index in [4.69, 9.17) is 0 Å². The van der Waals surface area contributed by atoms with Gasteiger partial charge in [0.15, 0.2) is 5.96 Å². The van der Waals surface area contributed by atoms with Crippen molar-refractivity contribution >= 4 is 35.8 Å². The number of hydrogen-bond acceptors (Lipinski definition) is 2. The minimum atomic E-state index is -0.246. The standard InChI is InChI=1S/C16H23FN4O.HI/c1-18-16(20-11-12-4-2-5-13(17)10-12)19-9-3-6-15(22)21-14-7-8-14;/h2,4-5,10,14H,3,6-9,11H2,1H3,(H,21,22)(H2,18,19,20);1H. The normalized spacial score (nSPS) is 13.9. The van der Waals surface area contributed by atoms with E-state index < -0.39 is 0 Å². The Morgan fingerprint density at radius 3 is 2.78 bits per heavy atom. The van der Waals surface area contributed by atoms with E-state index in [1.165, 1.54) is 12.1 Å². The molecule has 0 saturated heterocycles. The number of carbonyl (C=O) groups is 1. The molecule has 0 atom stereocenters. The van der Waals surface area contributed by atoms with E-state index in [0.29, 0.717) is 31.5 Å². The highest BCUT2D eigenvalue weighted by Gasteiger charge is 2.22. The number of nitrogens with one attached hydrogen (secondary N) is 3. The van der Waals surface area contributed by atoms with Gasteiger partial charge >= 0.3 is 0 Å². The van der Waals surface area contributed by atoms with Crippen molar-refractivity contribution in [1.82, 2.24) is 16.0 Å². The molecule has 1 amide bonds. The van der Waals surface area contributed by atoms with Crippen LogP contribution in [0.25, 0.3) is 0 Å². The molecule has 1 saturated carbocycles. The molecule has 128 valence electrons. The Kier molecular flexibility index (Phi) is 8.90. The first-order chi connectivity index (χ1) is 10.7. The minimum absolute atomic E-state index is 0. The van der Waals surface area contributed by atoms with Crippen LogP contribution >= 0.6 is 24.0 Å². The quantitative estimate of drug-likeness (QED) is 0.267. The van der Waals surface area contributed by atoms with Gasteiger partial charge in [-0.15, -0.1) is 24.0 Å². The Morgan fingerprint density at radius 2 is 2.13 bits per heavy atom. The van der Waals surface area contributed by atoms with Gasteiger partial charge in [-0.05, 0) is 37.0 Å². The van der Waals surface area contributed by atoms with Crippen molar-refractivity contribution in [2.75, 3.05) is 13.6 Å². The maximum atomic E-state index is 13.1. The van der Waals surface area contributed by atoms with E-state index in [9.17, 15) is 9.18 Å². The molecule has 0 spiro atoms. The van der Waals surface area contributed by atoms with Gasteiger partial charge in [0.2, 0.25) is 5.91 Å².